The van der Waals surface area contributed by atoms with Gasteiger partial charge in [0.25, 0.3) is 0 Å². The molecule has 3 nitrogen and oxygen atoms in total. The summed E-state index contributed by atoms with van der Waals surface area (Å²) >= 11 is 0. The molecule has 2 aromatic rings. The van der Waals surface area contributed by atoms with Gasteiger partial charge in [0.2, 0.25) is 0 Å². The first kappa shape index (κ1) is 13.7. The number of benzene rings is 1. The maximum Gasteiger partial charge on any atom is 0.416 e. The van der Waals surface area contributed by atoms with Crippen LogP contribution in [0, 0.1) is 22.7 Å². The van der Waals surface area contributed by atoms with E-state index in [2.05, 4.69) is 0 Å². The molecule has 100 valence electrons. The van der Waals surface area contributed by atoms with Crippen LogP contribution in [0.4, 0.5) is 13.2 Å². The number of halogens is 3. The van der Waals surface area contributed by atoms with Gasteiger partial charge in [0.1, 0.15) is 17.8 Å². The summed E-state index contributed by atoms with van der Waals surface area (Å²) in [4.78, 5) is 0. The molecule has 0 fully saturated rings. The Hall–Kier alpha value is -2.73. The SMILES string of the molecule is Cn1cc(C#N)c(-c2ccc(C(F)(F)F)cc2)c1C#N. The monoisotopic (exact) mass is 275 g/mol. The van der Waals surface area contributed by atoms with Gasteiger partial charge in [-0.2, -0.15) is 23.7 Å². The van der Waals surface area contributed by atoms with Crippen LogP contribution in [0.2, 0.25) is 0 Å². The minimum absolute atomic E-state index is 0.237. The number of rotatable bonds is 1. The van der Waals surface area contributed by atoms with Crippen LogP contribution in [-0.4, -0.2) is 4.57 Å². The average Bonchev–Trinajstić information content (AvgIpc) is 2.73. The molecule has 0 aliphatic carbocycles. The third-order valence-electron chi connectivity index (χ3n) is 2.91. The second-order valence-corrected chi connectivity index (χ2v) is 4.18. The van der Waals surface area contributed by atoms with Crippen LogP contribution in [0.15, 0.2) is 30.5 Å². The number of hydrogen-bond acceptors (Lipinski definition) is 2. The van der Waals surface area contributed by atoms with E-state index in [1.54, 1.807) is 7.05 Å². The fourth-order valence-electron chi connectivity index (χ4n) is 1.96. The van der Waals surface area contributed by atoms with E-state index in [-0.39, 0.29) is 11.3 Å². The van der Waals surface area contributed by atoms with Crippen molar-refractivity contribution in [3.8, 4) is 23.3 Å². The van der Waals surface area contributed by atoms with Crippen molar-refractivity contribution >= 4 is 0 Å². The Balaban J connectivity index is 2.59. The number of nitriles is 2. The van der Waals surface area contributed by atoms with Crippen LogP contribution >= 0.6 is 0 Å². The minimum atomic E-state index is -4.41. The predicted octanol–water partition coefficient (Wildman–Crippen LogP) is 3.45. The molecule has 0 N–H and O–H groups in total. The summed E-state index contributed by atoms with van der Waals surface area (Å²) in [5.74, 6) is 0. The molecule has 1 aromatic heterocycles. The maximum atomic E-state index is 12.5. The largest absolute Gasteiger partial charge is 0.416 e. The minimum Gasteiger partial charge on any atom is -0.341 e. The Bertz CT molecular complexity index is 725. The molecule has 0 radical (unpaired) electrons. The van der Waals surface area contributed by atoms with Gasteiger partial charge in [0, 0.05) is 18.8 Å². The first-order chi connectivity index (χ1) is 9.38. The number of aryl methyl sites for hydroxylation is 1. The smallest absolute Gasteiger partial charge is 0.341 e. The zero-order chi connectivity index (χ0) is 14.9. The summed E-state index contributed by atoms with van der Waals surface area (Å²) in [7, 11) is 1.60. The van der Waals surface area contributed by atoms with E-state index < -0.39 is 11.7 Å². The summed E-state index contributed by atoms with van der Waals surface area (Å²) < 4.78 is 39.0. The molecule has 20 heavy (non-hydrogen) atoms. The van der Waals surface area contributed by atoms with Crippen molar-refractivity contribution in [1.82, 2.24) is 4.57 Å². The van der Waals surface area contributed by atoms with Gasteiger partial charge in [-0.3, -0.25) is 0 Å². The summed E-state index contributed by atoms with van der Waals surface area (Å²) in [6.07, 6.45) is -2.93. The molecule has 1 aromatic carbocycles. The lowest BCUT2D eigenvalue weighted by molar-refractivity contribution is -0.137. The van der Waals surface area contributed by atoms with Gasteiger partial charge >= 0.3 is 6.18 Å². The molecule has 0 bridgehead atoms. The van der Waals surface area contributed by atoms with E-state index in [0.717, 1.165) is 12.1 Å². The van der Waals surface area contributed by atoms with Crippen molar-refractivity contribution in [2.24, 2.45) is 7.05 Å². The summed E-state index contributed by atoms with van der Waals surface area (Å²) in [5, 5.41) is 18.1. The van der Waals surface area contributed by atoms with E-state index in [1.807, 2.05) is 12.1 Å². The molecule has 1 heterocycles. The normalized spacial score (nSPS) is 10.9. The van der Waals surface area contributed by atoms with Gasteiger partial charge in [-0.05, 0) is 17.7 Å². The van der Waals surface area contributed by atoms with Crippen molar-refractivity contribution in [2.75, 3.05) is 0 Å². The van der Waals surface area contributed by atoms with E-state index in [4.69, 9.17) is 10.5 Å². The fraction of sp³-hybridized carbons (Fsp3) is 0.143. The summed E-state index contributed by atoms with van der Waals surface area (Å²) in [6, 6.07) is 8.29. The highest BCUT2D eigenvalue weighted by atomic mass is 19.4. The lowest BCUT2D eigenvalue weighted by atomic mass is 10.0. The van der Waals surface area contributed by atoms with Gasteiger partial charge in [-0.25, -0.2) is 0 Å². The third kappa shape index (κ3) is 2.24. The Morgan fingerprint density at radius 1 is 1.05 bits per heavy atom. The van der Waals surface area contributed by atoms with Crippen LogP contribution in [0.3, 0.4) is 0 Å². The van der Waals surface area contributed by atoms with Crippen molar-refractivity contribution in [3.05, 3.63) is 47.3 Å². The van der Waals surface area contributed by atoms with Crippen LogP contribution in [0.5, 0.6) is 0 Å². The maximum absolute atomic E-state index is 12.5. The molecule has 0 saturated carbocycles. The number of alkyl halides is 3. The molecule has 6 heteroatoms. The summed E-state index contributed by atoms with van der Waals surface area (Å²) in [6.45, 7) is 0. The average molecular weight is 275 g/mol. The summed E-state index contributed by atoms with van der Waals surface area (Å²) in [5.41, 5.74) is 0.484. The molecule has 0 saturated heterocycles. The molecular weight excluding hydrogens is 267 g/mol. The molecule has 0 aliphatic heterocycles. The number of aromatic nitrogens is 1. The van der Waals surface area contributed by atoms with Gasteiger partial charge < -0.3 is 4.57 Å². The van der Waals surface area contributed by atoms with Crippen LogP contribution < -0.4 is 0 Å². The Morgan fingerprint density at radius 3 is 2.10 bits per heavy atom. The topological polar surface area (TPSA) is 52.5 Å². The zero-order valence-corrected chi connectivity index (χ0v) is 10.4. The van der Waals surface area contributed by atoms with Gasteiger partial charge in [0.15, 0.2) is 0 Å². The van der Waals surface area contributed by atoms with Crippen molar-refractivity contribution in [2.45, 2.75) is 6.18 Å². The van der Waals surface area contributed by atoms with E-state index in [9.17, 15) is 13.2 Å². The molecule has 0 unspecified atom stereocenters. The zero-order valence-electron chi connectivity index (χ0n) is 10.4. The lowest BCUT2D eigenvalue weighted by Crippen LogP contribution is -2.04. The Labute approximate surface area is 113 Å². The highest BCUT2D eigenvalue weighted by Crippen LogP contribution is 2.33. The highest BCUT2D eigenvalue weighted by molar-refractivity contribution is 5.76. The number of nitrogens with zero attached hydrogens (tertiary/aromatic N) is 3. The molecule has 2 rings (SSSR count). The highest BCUT2D eigenvalue weighted by Gasteiger charge is 2.30. The Morgan fingerprint density at radius 2 is 1.65 bits per heavy atom. The third-order valence-corrected chi connectivity index (χ3v) is 2.91. The standard InChI is InChI=1S/C14H8F3N3/c1-20-8-10(6-18)13(12(20)7-19)9-2-4-11(5-3-9)14(15,16)17/h2-5,8H,1H3. The van der Waals surface area contributed by atoms with Crippen molar-refractivity contribution < 1.29 is 13.2 Å². The van der Waals surface area contributed by atoms with Gasteiger partial charge in [0.05, 0.1) is 11.1 Å². The van der Waals surface area contributed by atoms with E-state index in [1.165, 1.54) is 22.9 Å². The van der Waals surface area contributed by atoms with Crippen molar-refractivity contribution in [1.29, 1.82) is 10.5 Å². The second-order valence-electron chi connectivity index (χ2n) is 4.18. The van der Waals surface area contributed by atoms with Gasteiger partial charge in [-0.1, -0.05) is 12.1 Å². The van der Waals surface area contributed by atoms with Crippen molar-refractivity contribution in [3.63, 3.8) is 0 Å². The molecule has 0 atom stereocenters. The fourth-order valence-corrected chi connectivity index (χ4v) is 1.96. The van der Waals surface area contributed by atoms with Crippen LogP contribution in [-0.2, 0) is 13.2 Å². The van der Waals surface area contributed by atoms with E-state index >= 15 is 0 Å². The predicted molar refractivity (Wildman–Crippen MR) is 65.3 cm³/mol. The molecule has 0 amide bonds. The Kier molecular flexibility index (Phi) is 3.25. The van der Waals surface area contributed by atoms with E-state index in [0.29, 0.717) is 11.1 Å². The van der Waals surface area contributed by atoms with Crippen LogP contribution in [0.25, 0.3) is 11.1 Å². The molecule has 0 aliphatic rings. The lowest BCUT2D eigenvalue weighted by Gasteiger charge is -2.07. The second kappa shape index (κ2) is 4.75. The van der Waals surface area contributed by atoms with Crippen LogP contribution in [0.1, 0.15) is 16.8 Å². The first-order valence-electron chi connectivity index (χ1n) is 5.55. The quantitative estimate of drug-likeness (QED) is 0.800. The number of hydrogen-bond donors (Lipinski definition) is 0. The van der Waals surface area contributed by atoms with Gasteiger partial charge in [-0.15, -0.1) is 0 Å². The molecular formula is C14H8F3N3. The first-order valence-corrected chi connectivity index (χ1v) is 5.55. The molecule has 0 spiro atoms.